The highest BCUT2D eigenvalue weighted by atomic mass is 19.1. The van der Waals surface area contributed by atoms with Gasteiger partial charge in [-0.1, -0.05) is 31.5 Å². The molecule has 29 heavy (non-hydrogen) atoms. The Morgan fingerprint density at radius 1 is 1.21 bits per heavy atom. The van der Waals surface area contributed by atoms with Gasteiger partial charge < -0.3 is 15.0 Å². The SMILES string of the molecule is CCCCN1C(=O)CC[C@H](C(=O)Nc2ccc(F)cc2)[C@H]1c1ccccc1OC. The maximum Gasteiger partial charge on any atom is 0.229 e. The van der Waals surface area contributed by atoms with Gasteiger partial charge in [0, 0.05) is 24.2 Å². The van der Waals surface area contributed by atoms with Crippen LogP contribution in [0.15, 0.2) is 48.5 Å². The molecule has 1 fully saturated rings. The molecule has 0 bridgehead atoms. The van der Waals surface area contributed by atoms with Crippen molar-refractivity contribution in [2.45, 2.75) is 38.6 Å². The van der Waals surface area contributed by atoms with Crippen LogP contribution in [0.2, 0.25) is 0 Å². The van der Waals surface area contributed by atoms with E-state index in [1.54, 1.807) is 7.11 Å². The lowest BCUT2D eigenvalue weighted by atomic mass is 9.83. The molecule has 5 nitrogen and oxygen atoms in total. The average Bonchev–Trinajstić information content (AvgIpc) is 2.74. The fraction of sp³-hybridized carbons (Fsp3) is 0.391. The zero-order chi connectivity index (χ0) is 20.8. The summed E-state index contributed by atoms with van der Waals surface area (Å²) in [6.45, 7) is 2.67. The number of nitrogens with one attached hydrogen (secondary N) is 1. The molecule has 6 heteroatoms. The minimum atomic E-state index is -0.425. The molecular formula is C23H27FN2O3. The van der Waals surface area contributed by atoms with Gasteiger partial charge in [0.05, 0.1) is 19.1 Å². The minimum absolute atomic E-state index is 0.0557. The van der Waals surface area contributed by atoms with Gasteiger partial charge in [0.15, 0.2) is 0 Å². The number of halogens is 1. The van der Waals surface area contributed by atoms with E-state index in [-0.39, 0.29) is 17.6 Å². The number of rotatable bonds is 7. The number of amides is 2. The maximum absolute atomic E-state index is 13.2. The molecule has 2 amide bonds. The molecule has 3 rings (SSSR count). The van der Waals surface area contributed by atoms with E-state index in [1.165, 1.54) is 24.3 Å². The summed E-state index contributed by atoms with van der Waals surface area (Å²) in [6.07, 6.45) is 2.60. The van der Waals surface area contributed by atoms with Crippen LogP contribution in [0.1, 0.15) is 44.2 Å². The van der Waals surface area contributed by atoms with E-state index in [0.29, 0.717) is 30.8 Å². The molecule has 0 aliphatic carbocycles. The number of ether oxygens (including phenoxy) is 1. The Balaban J connectivity index is 1.94. The number of para-hydroxylation sites is 1. The highest BCUT2D eigenvalue weighted by Crippen LogP contribution is 2.41. The zero-order valence-corrected chi connectivity index (χ0v) is 16.9. The van der Waals surface area contributed by atoms with E-state index >= 15 is 0 Å². The Bertz CT molecular complexity index is 853. The summed E-state index contributed by atoms with van der Waals surface area (Å²) in [6, 6.07) is 12.8. The number of carbonyl (C=O) groups is 2. The first-order valence-corrected chi connectivity index (χ1v) is 10.0. The highest BCUT2D eigenvalue weighted by molar-refractivity contribution is 5.94. The Morgan fingerprint density at radius 3 is 2.62 bits per heavy atom. The third kappa shape index (κ3) is 4.75. The molecule has 0 spiro atoms. The summed E-state index contributed by atoms with van der Waals surface area (Å²) in [5, 5.41) is 2.88. The normalized spacial score (nSPS) is 19.1. The quantitative estimate of drug-likeness (QED) is 0.744. The van der Waals surface area contributed by atoms with Crippen LogP contribution in [0.3, 0.4) is 0 Å². The van der Waals surface area contributed by atoms with Gasteiger partial charge in [0.25, 0.3) is 0 Å². The van der Waals surface area contributed by atoms with Crippen LogP contribution < -0.4 is 10.1 Å². The Morgan fingerprint density at radius 2 is 1.93 bits per heavy atom. The predicted octanol–water partition coefficient (Wildman–Crippen LogP) is 4.55. The number of piperidine rings is 1. The van der Waals surface area contributed by atoms with E-state index in [0.717, 1.165) is 18.4 Å². The van der Waals surface area contributed by atoms with Crippen molar-refractivity contribution in [3.63, 3.8) is 0 Å². The number of anilines is 1. The number of unbranched alkanes of at least 4 members (excludes halogenated alkanes) is 1. The Kier molecular flexibility index (Phi) is 6.86. The van der Waals surface area contributed by atoms with Gasteiger partial charge in [0.2, 0.25) is 11.8 Å². The average molecular weight is 398 g/mol. The maximum atomic E-state index is 13.2. The summed E-state index contributed by atoms with van der Waals surface area (Å²) in [5.41, 5.74) is 1.37. The summed E-state index contributed by atoms with van der Waals surface area (Å²) in [4.78, 5) is 27.8. The number of nitrogens with zero attached hydrogens (tertiary/aromatic N) is 1. The van der Waals surface area contributed by atoms with Crippen LogP contribution in [0.4, 0.5) is 10.1 Å². The van der Waals surface area contributed by atoms with Gasteiger partial charge in [-0.05, 0) is 43.2 Å². The molecule has 1 aliphatic heterocycles. The number of likely N-dealkylation sites (tertiary alicyclic amines) is 1. The van der Waals surface area contributed by atoms with Crippen LogP contribution in [-0.2, 0) is 9.59 Å². The summed E-state index contributed by atoms with van der Waals surface area (Å²) >= 11 is 0. The van der Waals surface area contributed by atoms with Crippen molar-refractivity contribution in [1.29, 1.82) is 0 Å². The third-order valence-corrected chi connectivity index (χ3v) is 5.37. The number of hydrogen-bond donors (Lipinski definition) is 1. The van der Waals surface area contributed by atoms with E-state index in [1.807, 2.05) is 29.2 Å². The molecule has 0 saturated carbocycles. The number of benzene rings is 2. The summed E-state index contributed by atoms with van der Waals surface area (Å²) in [7, 11) is 1.59. The first-order chi connectivity index (χ1) is 14.0. The van der Waals surface area contributed by atoms with Gasteiger partial charge in [-0.25, -0.2) is 4.39 Å². The molecule has 0 unspecified atom stereocenters. The van der Waals surface area contributed by atoms with Crippen LogP contribution in [0.5, 0.6) is 5.75 Å². The molecule has 1 aliphatic rings. The highest BCUT2D eigenvalue weighted by Gasteiger charge is 2.41. The number of hydrogen-bond acceptors (Lipinski definition) is 3. The zero-order valence-electron chi connectivity index (χ0n) is 16.9. The smallest absolute Gasteiger partial charge is 0.229 e. The van der Waals surface area contributed by atoms with Crippen molar-refractivity contribution in [3.05, 3.63) is 59.9 Å². The predicted molar refractivity (Wildman–Crippen MR) is 110 cm³/mol. The Labute approximate surface area is 170 Å². The van der Waals surface area contributed by atoms with E-state index < -0.39 is 12.0 Å². The van der Waals surface area contributed by atoms with Crippen molar-refractivity contribution in [2.75, 3.05) is 19.0 Å². The minimum Gasteiger partial charge on any atom is -0.496 e. The number of carbonyl (C=O) groups excluding carboxylic acids is 2. The fourth-order valence-electron chi connectivity index (χ4n) is 3.88. The molecule has 2 aromatic carbocycles. The van der Waals surface area contributed by atoms with E-state index in [2.05, 4.69) is 12.2 Å². The van der Waals surface area contributed by atoms with Gasteiger partial charge in [-0.3, -0.25) is 9.59 Å². The lowest BCUT2D eigenvalue weighted by Crippen LogP contribution is -2.47. The van der Waals surface area contributed by atoms with Crippen LogP contribution >= 0.6 is 0 Å². The first-order valence-electron chi connectivity index (χ1n) is 10.0. The largest absolute Gasteiger partial charge is 0.496 e. The summed E-state index contributed by atoms with van der Waals surface area (Å²) in [5.74, 6) is -0.246. The second-order valence-corrected chi connectivity index (χ2v) is 7.27. The van der Waals surface area contributed by atoms with Crippen LogP contribution in [0, 0.1) is 11.7 Å². The van der Waals surface area contributed by atoms with Gasteiger partial charge in [0.1, 0.15) is 11.6 Å². The second-order valence-electron chi connectivity index (χ2n) is 7.27. The standard InChI is InChI=1S/C23H27FN2O3/c1-3-4-15-26-21(27)14-13-19(22(26)18-7-5-6-8-20(18)29-2)23(28)25-17-11-9-16(24)10-12-17/h5-12,19,22H,3-4,13-15H2,1-2H3,(H,25,28)/t19-,22+/m0/s1. The fourth-order valence-corrected chi connectivity index (χ4v) is 3.88. The van der Waals surface area contributed by atoms with Crippen molar-refractivity contribution in [1.82, 2.24) is 4.90 Å². The summed E-state index contributed by atoms with van der Waals surface area (Å²) < 4.78 is 18.7. The molecule has 1 heterocycles. The molecule has 154 valence electrons. The van der Waals surface area contributed by atoms with Gasteiger partial charge in [-0.15, -0.1) is 0 Å². The molecule has 2 aromatic rings. The lowest BCUT2D eigenvalue weighted by molar-refractivity contribution is -0.142. The van der Waals surface area contributed by atoms with E-state index in [4.69, 9.17) is 4.74 Å². The number of methoxy groups -OCH3 is 1. The van der Waals surface area contributed by atoms with Crippen molar-refractivity contribution >= 4 is 17.5 Å². The van der Waals surface area contributed by atoms with Crippen molar-refractivity contribution < 1.29 is 18.7 Å². The molecule has 0 radical (unpaired) electrons. The monoisotopic (exact) mass is 398 g/mol. The molecular weight excluding hydrogens is 371 g/mol. The lowest BCUT2D eigenvalue weighted by Gasteiger charge is -2.41. The molecule has 1 N–H and O–H groups in total. The van der Waals surface area contributed by atoms with Gasteiger partial charge in [-0.2, -0.15) is 0 Å². The van der Waals surface area contributed by atoms with Crippen molar-refractivity contribution in [2.24, 2.45) is 5.92 Å². The first kappa shape index (κ1) is 20.8. The third-order valence-electron chi connectivity index (χ3n) is 5.37. The molecule has 2 atom stereocenters. The molecule has 0 aromatic heterocycles. The van der Waals surface area contributed by atoms with E-state index in [9.17, 15) is 14.0 Å². The van der Waals surface area contributed by atoms with Crippen molar-refractivity contribution in [3.8, 4) is 5.75 Å². The van der Waals surface area contributed by atoms with Crippen LogP contribution in [0.25, 0.3) is 0 Å². The second kappa shape index (κ2) is 9.54. The molecule has 1 saturated heterocycles. The Hall–Kier alpha value is -2.89. The van der Waals surface area contributed by atoms with Crippen LogP contribution in [-0.4, -0.2) is 30.4 Å². The topological polar surface area (TPSA) is 58.6 Å². The van der Waals surface area contributed by atoms with Gasteiger partial charge >= 0.3 is 0 Å².